The molecule has 1 fully saturated rings. The Morgan fingerprint density at radius 1 is 1.29 bits per heavy atom. The lowest BCUT2D eigenvalue weighted by molar-refractivity contribution is -0.120. The number of nitrogens with one attached hydrogen (secondary N) is 1. The zero-order valence-corrected chi connectivity index (χ0v) is 16.7. The molecule has 1 aliphatic carbocycles. The molecule has 1 aliphatic rings. The molecule has 3 rings (SSSR count). The average Bonchev–Trinajstić information content (AvgIpc) is 3.21. The third kappa shape index (κ3) is 4.57. The first kappa shape index (κ1) is 20.0. The van der Waals surface area contributed by atoms with Crippen molar-refractivity contribution in [2.45, 2.75) is 42.9 Å². The van der Waals surface area contributed by atoms with E-state index in [4.69, 9.17) is 13.9 Å². The highest BCUT2D eigenvalue weighted by Crippen LogP contribution is 2.34. The van der Waals surface area contributed by atoms with E-state index in [9.17, 15) is 10.1 Å². The van der Waals surface area contributed by atoms with Crippen LogP contribution in [0.4, 0.5) is 0 Å². The Kier molecular flexibility index (Phi) is 6.41. The summed E-state index contributed by atoms with van der Waals surface area (Å²) in [4.78, 5) is 12.3. The molecule has 1 heterocycles. The third-order valence-corrected chi connectivity index (χ3v) is 5.49. The molecule has 148 valence electrons. The van der Waals surface area contributed by atoms with Gasteiger partial charge in [0.25, 0.3) is 11.1 Å². The maximum absolute atomic E-state index is 12.3. The molecule has 1 aromatic heterocycles. The lowest BCUT2D eigenvalue weighted by atomic mass is 9.83. The van der Waals surface area contributed by atoms with Gasteiger partial charge >= 0.3 is 0 Å². The molecule has 28 heavy (non-hydrogen) atoms. The normalized spacial score (nSPS) is 15.5. The summed E-state index contributed by atoms with van der Waals surface area (Å²) in [5.41, 5.74) is -0.107. The van der Waals surface area contributed by atoms with E-state index in [-0.39, 0.29) is 16.9 Å². The number of methoxy groups -OCH3 is 2. The van der Waals surface area contributed by atoms with Crippen LogP contribution in [-0.2, 0) is 4.79 Å². The van der Waals surface area contributed by atoms with E-state index in [0.29, 0.717) is 35.8 Å². The fourth-order valence-electron chi connectivity index (χ4n) is 3.20. The quantitative estimate of drug-likeness (QED) is 0.703. The fourth-order valence-corrected chi connectivity index (χ4v) is 3.77. The number of carbonyl (C=O) groups excluding carboxylic acids is 1. The molecule has 0 bridgehead atoms. The Balaban J connectivity index is 1.62. The molecule has 0 unspecified atom stereocenters. The predicted octanol–water partition coefficient (Wildman–Crippen LogP) is 3.19. The van der Waals surface area contributed by atoms with Crippen LogP contribution in [0.1, 0.15) is 32.1 Å². The molecule has 2 aromatic rings. The van der Waals surface area contributed by atoms with Gasteiger partial charge in [-0.25, -0.2) is 0 Å². The van der Waals surface area contributed by atoms with Crippen LogP contribution in [0.15, 0.2) is 27.8 Å². The van der Waals surface area contributed by atoms with E-state index in [2.05, 4.69) is 21.6 Å². The zero-order valence-electron chi connectivity index (χ0n) is 15.9. The van der Waals surface area contributed by atoms with Gasteiger partial charge in [-0.2, -0.15) is 5.26 Å². The van der Waals surface area contributed by atoms with Crippen LogP contribution in [0.2, 0.25) is 0 Å². The Labute approximate surface area is 167 Å². The minimum atomic E-state index is -0.744. The number of ether oxygens (including phenoxy) is 2. The van der Waals surface area contributed by atoms with Gasteiger partial charge in [0.1, 0.15) is 17.0 Å². The van der Waals surface area contributed by atoms with Crippen molar-refractivity contribution in [1.29, 1.82) is 5.26 Å². The minimum Gasteiger partial charge on any atom is -0.497 e. The molecule has 9 heteroatoms. The molecule has 1 N–H and O–H groups in total. The van der Waals surface area contributed by atoms with Crippen LogP contribution in [0.5, 0.6) is 11.5 Å². The van der Waals surface area contributed by atoms with Crippen molar-refractivity contribution in [2.75, 3.05) is 20.0 Å². The van der Waals surface area contributed by atoms with E-state index in [1.165, 1.54) is 0 Å². The van der Waals surface area contributed by atoms with E-state index in [0.717, 1.165) is 31.0 Å². The van der Waals surface area contributed by atoms with E-state index >= 15 is 0 Å². The van der Waals surface area contributed by atoms with Gasteiger partial charge in [0.2, 0.25) is 5.91 Å². The molecule has 8 nitrogen and oxygen atoms in total. The number of benzene rings is 1. The maximum Gasteiger partial charge on any atom is 0.277 e. The number of nitriles is 1. The van der Waals surface area contributed by atoms with Crippen LogP contribution in [0.3, 0.4) is 0 Å². The van der Waals surface area contributed by atoms with Gasteiger partial charge in [0.15, 0.2) is 0 Å². The minimum absolute atomic E-state index is 0.102. The molecule has 1 saturated carbocycles. The molecule has 0 atom stereocenters. The average molecular weight is 402 g/mol. The topological polar surface area (TPSA) is 110 Å². The van der Waals surface area contributed by atoms with Gasteiger partial charge in [0.05, 0.1) is 31.6 Å². The third-order valence-electron chi connectivity index (χ3n) is 4.67. The number of aromatic nitrogens is 2. The first-order valence-corrected chi connectivity index (χ1v) is 9.99. The lowest BCUT2D eigenvalue weighted by Gasteiger charge is -2.31. The van der Waals surface area contributed by atoms with Gasteiger partial charge in [-0.1, -0.05) is 31.0 Å². The Bertz CT molecular complexity index is 871. The second-order valence-electron chi connectivity index (χ2n) is 6.53. The lowest BCUT2D eigenvalue weighted by Crippen LogP contribution is -2.49. The second-order valence-corrected chi connectivity index (χ2v) is 7.46. The Morgan fingerprint density at radius 2 is 2.07 bits per heavy atom. The van der Waals surface area contributed by atoms with E-state index in [1.54, 1.807) is 32.4 Å². The highest BCUT2D eigenvalue weighted by molar-refractivity contribution is 7.99. The molecule has 0 spiro atoms. The first-order valence-electron chi connectivity index (χ1n) is 9.00. The van der Waals surface area contributed by atoms with Crippen molar-refractivity contribution in [2.24, 2.45) is 0 Å². The van der Waals surface area contributed by atoms with Crippen LogP contribution in [-0.4, -0.2) is 41.6 Å². The Morgan fingerprint density at radius 3 is 2.75 bits per heavy atom. The summed E-state index contributed by atoms with van der Waals surface area (Å²) in [5.74, 6) is 1.38. The monoisotopic (exact) mass is 402 g/mol. The number of hydrogen-bond donors (Lipinski definition) is 1. The fraction of sp³-hybridized carbons (Fsp3) is 0.474. The predicted molar refractivity (Wildman–Crippen MR) is 103 cm³/mol. The molecular formula is C19H22N4O4S. The molecule has 0 radical (unpaired) electrons. The number of thioether (sulfide) groups is 1. The zero-order chi connectivity index (χ0) is 20.0. The summed E-state index contributed by atoms with van der Waals surface area (Å²) in [6.45, 7) is 0. The number of nitrogens with zero attached hydrogens (tertiary/aromatic N) is 3. The van der Waals surface area contributed by atoms with Gasteiger partial charge in [-0.3, -0.25) is 4.79 Å². The number of hydrogen-bond acceptors (Lipinski definition) is 8. The smallest absolute Gasteiger partial charge is 0.277 e. The van der Waals surface area contributed by atoms with Crippen molar-refractivity contribution in [1.82, 2.24) is 15.5 Å². The first-order chi connectivity index (χ1) is 13.6. The SMILES string of the molecule is COc1ccc(-c2nnc(SCC(=O)NC3(C#N)CCCCC3)o2)c(OC)c1. The number of amides is 1. The number of rotatable bonds is 7. The highest BCUT2D eigenvalue weighted by atomic mass is 32.2. The van der Waals surface area contributed by atoms with Crippen LogP contribution < -0.4 is 14.8 Å². The van der Waals surface area contributed by atoms with Crippen LogP contribution in [0, 0.1) is 11.3 Å². The van der Waals surface area contributed by atoms with Crippen molar-refractivity contribution < 1.29 is 18.7 Å². The summed E-state index contributed by atoms with van der Waals surface area (Å²) in [5, 5.41) is 20.6. The summed E-state index contributed by atoms with van der Waals surface area (Å²) in [7, 11) is 3.12. The van der Waals surface area contributed by atoms with Gasteiger partial charge < -0.3 is 19.2 Å². The molecule has 0 saturated heterocycles. The molecule has 0 aliphatic heterocycles. The van der Waals surface area contributed by atoms with Crippen molar-refractivity contribution in [3.63, 3.8) is 0 Å². The van der Waals surface area contributed by atoms with E-state index in [1.807, 2.05) is 0 Å². The summed E-state index contributed by atoms with van der Waals surface area (Å²) >= 11 is 1.14. The van der Waals surface area contributed by atoms with Crippen LogP contribution >= 0.6 is 11.8 Å². The summed E-state index contributed by atoms with van der Waals surface area (Å²) < 4.78 is 16.2. The highest BCUT2D eigenvalue weighted by Gasteiger charge is 2.33. The molecule has 1 amide bonds. The molecule has 1 aromatic carbocycles. The standard InChI is InChI=1S/C19H22N4O4S/c1-25-13-6-7-14(15(10-13)26-2)17-22-23-18(27-17)28-11-16(24)21-19(12-20)8-4-3-5-9-19/h6-7,10H,3-5,8-9,11H2,1-2H3,(H,21,24). The molecular weight excluding hydrogens is 380 g/mol. The second kappa shape index (κ2) is 8.97. The van der Waals surface area contributed by atoms with Gasteiger partial charge in [-0.05, 0) is 25.0 Å². The van der Waals surface area contributed by atoms with Crippen molar-refractivity contribution in [3.05, 3.63) is 18.2 Å². The number of carbonyl (C=O) groups is 1. The van der Waals surface area contributed by atoms with Gasteiger partial charge in [0, 0.05) is 6.07 Å². The van der Waals surface area contributed by atoms with Crippen molar-refractivity contribution in [3.8, 4) is 29.0 Å². The van der Waals surface area contributed by atoms with E-state index < -0.39 is 5.54 Å². The van der Waals surface area contributed by atoms with Crippen LogP contribution in [0.25, 0.3) is 11.5 Å². The Hall–Kier alpha value is -2.73. The van der Waals surface area contributed by atoms with Crippen molar-refractivity contribution >= 4 is 17.7 Å². The maximum atomic E-state index is 12.3. The summed E-state index contributed by atoms with van der Waals surface area (Å²) in [6.07, 6.45) is 4.41. The van der Waals surface area contributed by atoms with Gasteiger partial charge in [-0.15, -0.1) is 10.2 Å². The largest absolute Gasteiger partial charge is 0.497 e. The summed E-state index contributed by atoms with van der Waals surface area (Å²) in [6, 6.07) is 7.55.